The molecular formula is C8H14O. The number of allylic oxidation sites excluding steroid dienone is 1. The van der Waals surface area contributed by atoms with Crippen molar-refractivity contribution in [3.63, 3.8) is 0 Å². The van der Waals surface area contributed by atoms with E-state index in [1.807, 2.05) is 0 Å². The Hall–Kier alpha value is -0.300. The van der Waals surface area contributed by atoms with Crippen LogP contribution in [0.2, 0.25) is 0 Å². The van der Waals surface area contributed by atoms with Crippen LogP contribution in [0.5, 0.6) is 0 Å². The molecule has 0 aliphatic heterocycles. The average Bonchev–Trinajstić information content (AvgIpc) is 1.88. The maximum atomic E-state index is 8.76. The summed E-state index contributed by atoms with van der Waals surface area (Å²) in [4.78, 5) is 0. The van der Waals surface area contributed by atoms with Crippen molar-refractivity contribution in [1.82, 2.24) is 0 Å². The molecule has 9 heavy (non-hydrogen) atoms. The quantitative estimate of drug-likeness (QED) is 0.530. The van der Waals surface area contributed by atoms with E-state index < -0.39 is 0 Å². The second-order valence-electron chi connectivity index (χ2n) is 2.85. The van der Waals surface area contributed by atoms with Gasteiger partial charge in [-0.2, -0.15) is 0 Å². The zero-order valence-electron chi connectivity index (χ0n) is 5.93. The summed E-state index contributed by atoms with van der Waals surface area (Å²) in [6.07, 6.45) is 5.86. The van der Waals surface area contributed by atoms with Gasteiger partial charge in [-0.1, -0.05) is 11.6 Å². The third-order valence-corrected chi connectivity index (χ3v) is 1.90. The van der Waals surface area contributed by atoms with E-state index in [0.29, 0.717) is 12.5 Å². The lowest BCUT2D eigenvalue weighted by Crippen LogP contribution is -2.07. The Balaban J connectivity index is 2.47. The van der Waals surface area contributed by atoms with E-state index in [1.54, 1.807) is 0 Å². The number of aliphatic hydroxyl groups excluding tert-OH is 1. The fraction of sp³-hybridized carbons (Fsp3) is 0.750. The molecule has 1 N–H and O–H groups in total. The molecule has 0 heterocycles. The van der Waals surface area contributed by atoms with Crippen molar-refractivity contribution >= 4 is 0 Å². The van der Waals surface area contributed by atoms with Crippen LogP contribution >= 0.6 is 0 Å². The monoisotopic (exact) mass is 126 g/mol. The molecule has 0 saturated carbocycles. The maximum Gasteiger partial charge on any atom is 0.0493 e. The first-order valence-electron chi connectivity index (χ1n) is 3.61. The van der Waals surface area contributed by atoms with Gasteiger partial charge in [0.2, 0.25) is 0 Å². The first-order valence-corrected chi connectivity index (χ1v) is 3.61. The zero-order valence-corrected chi connectivity index (χ0v) is 5.93. The van der Waals surface area contributed by atoms with Crippen LogP contribution in [0.1, 0.15) is 26.2 Å². The van der Waals surface area contributed by atoms with Crippen LogP contribution in [0.15, 0.2) is 11.6 Å². The summed E-state index contributed by atoms with van der Waals surface area (Å²) in [7, 11) is 0. The van der Waals surface area contributed by atoms with Crippen LogP contribution in [-0.4, -0.2) is 11.7 Å². The Morgan fingerprint density at radius 1 is 1.78 bits per heavy atom. The molecule has 0 radical (unpaired) electrons. The van der Waals surface area contributed by atoms with Crippen LogP contribution in [0.4, 0.5) is 0 Å². The first-order chi connectivity index (χ1) is 4.33. The van der Waals surface area contributed by atoms with E-state index >= 15 is 0 Å². The van der Waals surface area contributed by atoms with E-state index in [-0.39, 0.29) is 0 Å². The van der Waals surface area contributed by atoms with Crippen LogP contribution in [0.25, 0.3) is 0 Å². The van der Waals surface area contributed by atoms with Gasteiger partial charge < -0.3 is 5.11 Å². The maximum absolute atomic E-state index is 8.76. The summed E-state index contributed by atoms with van der Waals surface area (Å²) in [5.41, 5.74) is 1.44. The SMILES string of the molecule is CC1=CC(CO)CCC1. The Morgan fingerprint density at radius 2 is 2.56 bits per heavy atom. The Bertz CT molecular complexity index is 116. The minimum absolute atomic E-state index is 0.331. The summed E-state index contributed by atoms with van der Waals surface area (Å²) in [5.74, 6) is 0.457. The summed E-state index contributed by atoms with van der Waals surface area (Å²) in [6.45, 7) is 2.47. The number of rotatable bonds is 1. The van der Waals surface area contributed by atoms with Gasteiger partial charge in [-0.3, -0.25) is 0 Å². The molecule has 1 atom stereocenters. The van der Waals surface area contributed by atoms with Gasteiger partial charge in [0.05, 0.1) is 0 Å². The molecule has 52 valence electrons. The molecule has 0 amide bonds. The molecule has 1 nitrogen and oxygen atoms in total. The third kappa shape index (κ3) is 1.83. The summed E-state index contributed by atoms with van der Waals surface area (Å²) >= 11 is 0. The zero-order chi connectivity index (χ0) is 6.69. The van der Waals surface area contributed by atoms with Crippen molar-refractivity contribution in [3.8, 4) is 0 Å². The van der Waals surface area contributed by atoms with E-state index in [4.69, 9.17) is 5.11 Å². The van der Waals surface area contributed by atoms with Gasteiger partial charge in [0.25, 0.3) is 0 Å². The Morgan fingerprint density at radius 3 is 3.00 bits per heavy atom. The molecule has 1 rings (SSSR count). The lowest BCUT2D eigenvalue weighted by molar-refractivity contribution is 0.240. The molecule has 0 saturated heterocycles. The van der Waals surface area contributed by atoms with Gasteiger partial charge in [0.15, 0.2) is 0 Å². The standard InChI is InChI=1S/C8H14O/c1-7-3-2-4-8(5-7)6-9/h5,8-9H,2-4,6H2,1H3. The third-order valence-electron chi connectivity index (χ3n) is 1.90. The molecule has 0 aromatic heterocycles. The Kier molecular flexibility index (Phi) is 2.29. The lowest BCUT2D eigenvalue weighted by Gasteiger charge is -2.16. The highest BCUT2D eigenvalue weighted by molar-refractivity contribution is 5.04. The number of hydrogen-bond donors (Lipinski definition) is 1. The highest BCUT2D eigenvalue weighted by atomic mass is 16.3. The molecule has 1 aliphatic rings. The highest BCUT2D eigenvalue weighted by Crippen LogP contribution is 2.21. The van der Waals surface area contributed by atoms with Crippen molar-refractivity contribution in [1.29, 1.82) is 0 Å². The second kappa shape index (κ2) is 3.02. The van der Waals surface area contributed by atoms with Gasteiger partial charge in [0, 0.05) is 12.5 Å². The largest absolute Gasteiger partial charge is 0.396 e. The van der Waals surface area contributed by atoms with Crippen molar-refractivity contribution in [2.24, 2.45) is 5.92 Å². The highest BCUT2D eigenvalue weighted by Gasteiger charge is 2.08. The Labute approximate surface area is 56.4 Å². The van der Waals surface area contributed by atoms with Crippen molar-refractivity contribution < 1.29 is 5.11 Å². The van der Waals surface area contributed by atoms with Gasteiger partial charge >= 0.3 is 0 Å². The van der Waals surface area contributed by atoms with E-state index in [9.17, 15) is 0 Å². The van der Waals surface area contributed by atoms with Gasteiger partial charge in [0.1, 0.15) is 0 Å². The van der Waals surface area contributed by atoms with Crippen LogP contribution < -0.4 is 0 Å². The minimum Gasteiger partial charge on any atom is -0.396 e. The molecule has 0 fully saturated rings. The van der Waals surface area contributed by atoms with E-state index in [2.05, 4.69) is 13.0 Å². The number of hydrogen-bond acceptors (Lipinski definition) is 1. The predicted molar refractivity (Wildman–Crippen MR) is 38.2 cm³/mol. The summed E-state index contributed by atoms with van der Waals surface area (Å²) in [5, 5.41) is 8.76. The first kappa shape index (κ1) is 6.81. The smallest absolute Gasteiger partial charge is 0.0493 e. The van der Waals surface area contributed by atoms with Crippen LogP contribution in [0.3, 0.4) is 0 Å². The summed E-state index contributed by atoms with van der Waals surface area (Å²) < 4.78 is 0. The molecule has 0 aromatic carbocycles. The van der Waals surface area contributed by atoms with Gasteiger partial charge in [-0.25, -0.2) is 0 Å². The van der Waals surface area contributed by atoms with Crippen LogP contribution in [0, 0.1) is 5.92 Å². The van der Waals surface area contributed by atoms with Crippen molar-refractivity contribution in [2.75, 3.05) is 6.61 Å². The van der Waals surface area contributed by atoms with E-state index in [0.717, 1.165) is 0 Å². The molecule has 0 aromatic rings. The second-order valence-corrected chi connectivity index (χ2v) is 2.85. The van der Waals surface area contributed by atoms with Gasteiger partial charge in [-0.15, -0.1) is 0 Å². The molecule has 1 heteroatoms. The predicted octanol–water partition coefficient (Wildman–Crippen LogP) is 1.73. The summed E-state index contributed by atoms with van der Waals surface area (Å²) in [6, 6.07) is 0. The van der Waals surface area contributed by atoms with Crippen molar-refractivity contribution in [2.45, 2.75) is 26.2 Å². The fourth-order valence-electron chi connectivity index (χ4n) is 1.36. The molecule has 1 aliphatic carbocycles. The van der Waals surface area contributed by atoms with Crippen molar-refractivity contribution in [3.05, 3.63) is 11.6 Å². The average molecular weight is 126 g/mol. The van der Waals surface area contributed by atoms with E-state index in [1.165, 1.54) is 24.8 Å². The molecule has 0 spiro atoms. The molecular weight excluding hydrogens is 112 g/mol. The molecule has 0 bridgehead atoms. The molecule has 1 unspecified atom stereocenters. The number of aliphatic hydroxyl groups is 1. The lowest BCUT2D eigenvalue weighted by atomic mass is 9.92. The topological polar surface area (TPSA) is 20.2 Å². The van der Waals surface area contributed by atoms with Gasteiger partial charge in [-0.05, 0) is 26.2 Å². The minimum atomic E-state index is 0.331. The fourth-order valence-corrected chi connectivity index (χ4v) is 1.36. The normalized spacial score (nSPS) is 27.8. The van der Waals surface area contributed by atoms with Crippen LogP contribution in [-0.2, 0) is 0 Å².